The minimum absolute atomic E-state index is 0.147. The van der Waals surface area contributed by atoms with Crippen molar-refractivity contribution in [2.45, 2.75) is 171 Å². The van der Waals surface area contributed by atoms with Crippen molar-refractivity contribution in [3.8, 4) is 34.5 Å². The number of hydrogen-bond acceptors (Lipinski definition) is 7. The van der Waals surface area contributed by atoms with Crippen LogP contribution in [0.5, 0.6) is 34.5 Å². The van der Waals surface area contributed by atoms with Crippen LogP contribution >= 0.6 is 0 Å². The molecule has 0 amide bonds. The first-order valence-electron chi connectivity index (χ1n) is 16.4. The summed E-state index contributed by atoms with van der Waals surface area (Å²) in [5.74, 6) is 2.77. The lowest BCUT2D eigenvalue weighted by Gasteiger charge is -2.33. The van der Waals surface area contributed by atoms with Gasteiger partial charge < -0.3 is 28.4 Å². The highest BCUT2D eigenvalue weighted by Gasteiger charge is 2.34. The Balaban J connectivity index is 2.84. The van der Waals surface area contributed by atoms with Crippen LogP contribution in [0.3, 0.4) is 0 Å². The van der Waals surface area contributed by atoms with Crippen molar-refractivity contribution < 1.29 is 33.2 Å². The number of benzene rings is 2. The van der Waals surface area contributed by atoms with Crippen LogP contribution in [-0.4, -0.2) is 39.4 Å². The molecule has 0 unspecified atom stereocenters. The Morgan fingerprint density at radius 2 is 0.848 bits per heavy atom. The Morgan fingerprint density at radius 1 is 0.478 bits per heavy atom. The lowest BCUT2D eigenvalue weighted by atomic mass is 9.98. The van der Waals surface area contributed by atoms with Gasteiger partial charge in [-0.15, -0.1) is 0 Å². The quantitative estimate of drug-likeness (QED) is 0.239. The van der Waals surface area contributed by atoms with E-state index in [2.05, 4.69) is 0 Å². The van der Waals surface area contributed by atoms with Gasteiger partial charge in [0.1, 0.15) is 50.7 Å². The Kier molecular flexibility index (Phi) is 11.5. The van der Waals surface area contributed by atoms with Gasteiger partial charge in [0.05, 0.1) is 0 Å². The van der Waals surface area contributed by atoms with Crippen LogP contribution in [0, 0.1) is 0 Å². The second-order valence-electron chi connectivity index (χ2n) is 17.9. The molecule has 0 bridgehead atoms. The maximum atomic E-state index is 14.6. The van der Waals surface area contributed by atoms with E-state index in [1.165, 1.54) is 0 Å². The number of aryl methyl sites for hydroxylation is 1. The van der Waals surface area contributed by atoms with Gasteiger partial charge in [0.25, 0.3) is 0 Å². The molecule has 7 heteroatoms. The van der Waals surface area contributed by atoms with Gasteiger partial charge in [-0.05, 0) is 155 Å². The summed E-state index contributed by atoms with van der Waals surface area (Å²) in [4.78, 5) is 14.6. The Hall–Kier alpha value is -3.09. The number of hydrogen-bond donors (Lipinski definition) is 0. The Morgan fingerprint density at radius 3 is 1.22 bits per heavy atom. The van der Waals surface area contributed by atoms with E-state index in [4.69, 9.17) is 28.4 Å². The fourth-order valence-corrected chi connectivity index (χ4v) is 4.45. The molecule has 0 spiro atoms. The van der Waals surface area contributed by atoms with Crippen LogP contribution in [-0.2, 0) is 6.42 Å². The third kappa shape index (κ3) is 13.7. The van der Waals surface area contributed by atoms with E-state index in [9.17, 15) is 4.79 Å². The van der Waals surface area contributed by atoms with Crippen LogP contribution in [0.25, 0.3) is 0 Å². The molecule has 0 fully saturated rings. The number of Topliss-reactive ketones (excluding diaryl/α,β-unsaturated/α-hetero) is 1. The monoisotopic (exact) mass is 642 g/mol. The lowest BCUT2D eigenvalue weighted by Crippen LogP contribution is -2.30. The molecule has 0 aliphatic rings. The van der Waals surface area contributed by atoms with Crippen LogP contribution in [0.4, 0.5) is 0 Å². The first-order chi connectivity index (χ1) is 20.4. The van der Waals surface area contributed by atoms with Gasteiger partial charge in [0.15, 0.2) is 28.8 Å². The van der Waals surface area contributed by atoms with Crippen molar-refractivity contribution >= 4 is 5.78 Å². The molecule has 0 atom stereocenters. The highest BCUT2D eigenvalue weighted by molar-refractivity contribution is 6.03. The van der Waals surface area contributed by atoms with Crippen molar-refractivity contribution in [1.82, 2.24) is 0 Å². The first-order valence-corrected chi connectivity index (χ1v) is 16.4. The van der Waals surface area contributed by atoms with Crippen molar-refractivity contribution in [2.75, 3.05) is 0 Å². The number of ether oxygens (including phenoxy) is 6. The largest absolute Gasteiger partial charge is 0.488 e. The fourth-order valence-electron chi connectivity index (χ4n) is 4.45. The predicted octanol–water partition coefficient (Wildman–Crippen LogP) is 10.6. The molecule has 0 saturated heterocycles. The summed E-state index contributed by atoms with van der Waals surface area (Å²) in [7, 11) is 0. The van der Waals surface area contributed by atoms with Gasteiger partial charge in [0.2, 0.25) is 0 Å². The van der Waals surface area contributed by atoms with Crippen molar-refractivity contribution in [1.29, 1.82) is 0 Å². The van der Waals surface area contributed by atoms with Gasteiger partial charge in [-0.3, -0.25) is 4.79 Å². The Bertz CT molecular complexity index is 1290. The van der Waals surface area contributed by atoms with Crippen LogP contribution in [0.2, 0.25) is 0 Å². The molecule has 0 heterocycles. The van der Waals surface area contributed by atoms with E-state index in [-0.39, 0.29) is 17.8 Å². The van der Waals surface area contributed by atoms with Gasteiger partial charge in [0, 0.05) is 12.5 Å². The third-order valence-electron chi connectivity index (χ3n) is 5.59. The maximum Gasteiger partial charge on any atom is 0.176 e. The molecule has 0 N–H and O–H groups in total. The van der Waals surface area contributed by atoms with E-state index < -0.39 is 28.0 Å². The van der Waals surface area contributed by atoms with E-state index in [1.54, 1.807) is 6.07 Å². The fraction of sp³-hybridized carbons (Fsp3) is 0.667. The average molecular weight is 643 g/mol. The summed E-state index contributed by atoms with van der Waals surface area (Å²) in [5, 5.41) is 0. The predicted molar refractivity (Wildman–Crippen MR) is 188 cm³/mol. The van der Waals surface area contributed by atoms with E-state index in [1.807, 2.05) is 143 Å². The first kappa shape index (κ1) is 39.1. The molecule has 0 saturated carbocycles. The second-order valence-corrected chi connectivity index (χ2v) is 17.9. The molecule has 0 aromatic heterocycles. The van der Waals surface area contributed by atoms with Crippen LogP contribution in [0.1, 0.15) is 147 Å². The highest BCUT2D eigenvalue weighted by atomic mass is 16.6. The molecule has 2 rings (SSSR count). The smallest absolute Gasteiger partial charge is 0.176 e. The molecule has 0 aliphatic carbocycles. The number of carbonyl (C=O) groups is 1. The SMILES string of the molecule is CC(C)(C)Oc1ccc(OC(C)(C)C)c(CCC(=O)c2c(OC(C)(C)C)c(OC(C)(C)C)cc(OC(C)(C)C)c2OC(C)(C)C)c1. The van der Waals surface area contributed by atoms with Gasteiger partial charge >= 0.3 is 0 Å². The number of ketones is 1. The van der Waals surface area contributed by atoms with E-state index in [0.717, 1.165) is 5.56 Å². The van der Waals surface area contributed by atoms with Crippen molar-refractivity contribution in [3.63, 3.8) is 0 Å². The molecular weight excluding hydrogens is 580 g/mol. The van der Waals surface area contributed by atoms with Gasteiger partial charge in [-0.2, -0.15) is 0 Å². The topological polar surface area (TPSA) is 72.5 Å². The minimum Gasteiger partial charge on any atom is -0.488 e. The van der Waals surface area contributed by atoms with Crippen molar-refractivity contribution in [3.05, 3.63) is 35.4 Å². The summed E-state index contributed by atoms with van der Waals surface area (Å²) < 4.78 is 38.5. The molecule has 2 aromatic rings. The molecule has 0 aliphatic heterocycles. The second kappa shape index (κ2) is 13.6. The summed E-state index contributed by atoms with van der Waals surface area (Å²) in [6, 6.07) is 7.58. The zero-order valence-electron chi connectivity index (χ0n) is 32.1. The summed E-state index contributed by atoms with van der Waals surface area (Å²) >= 11 is 0. The normalized spacial score (nSPS) is 13.3. The lowest BCUT2D eigenvalue weighted by molar-refractivity contribution is 0.0758. The van der Waals surface area contributed by atoms with E-state index >= 15 is 0 Å². The zero-order valence-corrected chi connectivity index (χ0v) is 32.1. The summed E-state index contributed by atoms with van der Waals surface area (Å²) in [5.41, 5.74) is -2.06. The molecule has 2 aromatic carbocycles. The Labute approximate surface area is 279 Å². The van der Waals surface area contributed by atoms with Crippen LogP contribution in [0.15, 0.2) is 24.3 Å². The minimum atomic E-state index is -0.636. The molecule has 7 nitrogen and oxygen atoms in total. The maximum absolute atomic E-state index is 14.6. The average Bonchev–Trinajstić information content (AvgIpc) is 2.76. The molecule has 0 radical (unpaired) electrons. The standard InChI is InChI=1S/C39H62O7/c1-34(2,3)41-26-20-22-28(42-35(4,5)6)25(23-26)19-21-27(40)31-32(45-38(13,14)15)29(43-36(7,8)9)24-30(44-37(10,11)12)33(31)46-39(16,17)18/h20,22-24H,19,21H2,1-18H3. The number of carbonyl (C=O) groups excluding carboxylic acids is 1. The molecular formula is C39H62O7. The summed E-state index contributed by atoms with van der Waals surface area (Å²) in [6.45, 7) is 35.5. The molecule has 260 valence electrons. The highest BCUT2D eigenvalue weighted by Crippen LogP contribution is 2.49. The third-order valence-corrected chi connectivity index (χ3v) is 5.59. The summed E-state index contributed by atoms with van der Waals surface area (Å²) in [6.07, 6.45) is 0.545. The van der Waals surface area contributed by atoms with Crippen molar-refractivity contribution in [2.24, 2.45) is 0 Å². The van der Waals surface area contributed by atoms with Gasteiger partial charge in [-0.1, -0.05) is 0 Å². The van der Waals surface area contributed by atoms with Gasteiger partial charge in [-0.25, -0.2) is 0 Å². The van der Waals surface area contributed by atoms with E-state index in [0.29, 0.717) is 46.5 Å². The number of rotatable bonds is 10. The zero-order chi connectivity index (χ0) is 35.7. The van der Waals surface area contributed by atoms with Crippen LogP contribution < -0.4 is 28.4 Å². The molecule has 46 heavy (non-hydrogen) atoms.